The van der Waals surface area contributed by atoms with E-state index in [0.29, 0.717) is 36.7 Å². The van der Waals surface area contributed by atoms with Crippen molar-refractivity contribution >= 4 is 15.9 Å². The first-order chi connectivity index (χ1) is 14.4. The average molecular weight is 430 g/mol. The fourth-order valence-corrected chi connectivity index (χ4v) is 6.13. The van der Waals surface area contributed by atoms with Gasteiger partial charge in [-0.1, -0.05) is 26.0 Å². The number of amides is 1. The Balaban J connectivity index is 1.40. The highest BCUT2D eigenvalue weighted by Gasteiger charge is 2.37. The first-order valence-corrected chi connectivity index (χ1v) is 12.4. The first-order valence-electron chi connectivity index (χ1n) is 10.9. The molecule has 2 aliphatic heterocycles. The molecular weight excluding hydrogens is 398 g/mol. The van der Waals surface area contributed by atoms with Crippen LogP contribution in [-0.4, -0.2) is 48.1 Å². The summed E-state index contributed by atoms with van der Waals surface area (Å²) in [4.78, 5) is 18.7. The Morgan fingerprint density at radius 1 is 1.03 bits per heavy atom. The lowest BCUT2D eigenvalue weighted by molar-refractivity contribution is -0.137. The Morgan fingerprint density at radius 3 is 2.33 bits per heavy atom. The van der Waals surface area contributed by atoms with Crippen LogP contribution in [-0.2, 0) is 14.8 Å². The quantitative estimate of drug-likeness (QED) is 0.783. The minimum atomic E-state index is -3.52. The molecule has 162 valence electrons. The lowest BCUT2D eigenvalue weighted by atomic mass is 9.96. The molecule has 3 heterocycles. The van der Waals surface area contributed by atoms with Gasteiger partial charge in [0.25, 0.3) is 0 Å². The number of hydrogen-bond donors (Lipinski definition) is 1. The molecule has 4 rings (SSSR count). The molecule has 2 fully saturated rings. The van der Waals surface area contributed by atoms with Gasteiger partial charge in [-0.15, -0.1) is 0 Å². The zero-order chi connectivity index (χ0) is 21.3. The molecule has 2 aliphatic rings. The smallest absolute Gasteiger partial charge is 0.243 e. The van der Waals surface area contributed by atoms with Crippen LogP contribution in [0.3, 0.4) is 0 Å². The van der Waals surface area contributed by atoms with Crippen LogP contribution in [0, 0.1) is 5.92 Å². The van der Waals surface area contributed by atoms with E-state index in [1.54, 1.807) is 12.1 Å². The standard InChI is InChI=1S/C23H31N3O3S/c1-17(2)18-7-9-20(10-8-18)30(28,29)25-15-11-19(12-16-25)23(27)26-14-4-6-22(26)21-5-3-13-24-21/h3,5,7-10,13,17,19,22,24H,4,6,11-12,14-16H2,1-2H3/t22-/m1/s1. The van der Waals surface area contributed by atoms with E-state index in [0.717, 1.165) is 30.6 Å². The second kappa shape index (κ2) is 8.55. The van der Waals surface area contributed by atoms with Crippen LogP contribution < -0.4 is 0 Å². The molecule has 1 aromatic carbocycles. The Hall–Kier alpha value is -2.12. The summed E-state index contributed by atoms with van der Waals surface area (Å²) in [6.45, 7) is 5.75. The topological polar surface area (TPSA) is 73.5 Å². The number of H-pyrrole nitrogens is 1. The van der Waals surface area contributed by atoms with E-state index in [1.165, 1.54) is 4.31 Å². The largest absolute Gasteiger partial charge is 0.363 e. The van der Waals surface area contributed by atoms with Gasteiger partial charge in [0.05, 0.1) is 10.9 Å². The summed E-state index contributed by atoms with van der Waals surface area (Å²) in [7, 11) is -3.52. The Bertz CT molecular complexity index is 960. The predicted octanol–water partition coefficient (Wildman–Crippen LogP) is 3.90. The maximum atomic E-state index is 13.2. The van der Waals surface area contributed by atoms with Gasteiger partial charge in [-0.3, -0.25) is 4.79 Å². The van der Waals surface area contributed by atoms with E-state index in [1.807, 2.05) is 35.4 Å². The highest BCUT2D eigenvalue weighted by atomic mass is 32.2. The Morgan fingerprint density at radius 2 is 1.73 bits per heavy atom. The Kier molecular flexibility index (Phi) is 6.02. The number of hydrogen-bond acceptors (Lipinski definition) is 3. The zero-order valence-corrected chi connectivity index (χ0v) is 18.6. The van der Waals surface area contributed by atoms with E-state index in [4.69, 9.17) is 0 Å². The summed E-state index contributed by atoms with van der Waals surface area (Å²) < 4.78 is 27.6. The minimum Gasteiger partial charge on any atom is -0.363 e. The first kappa shape index (κ1) is 21.1. The maximum Gasteiger partial charge on any atom is 0.243 e. The fourth-order valence-electron chi connectivity index (χ4n) is 4.66. The van der Waals surface area contributed by atoms with Crippen molar-refractivity contribution in [1.29, 1.82) is 0 Å². The molecule has 0 radical (unpaired) electrons. The fraction of sp³-hybridized carbons (Fsp3) is 0.522. The number of nitrogens with one attached hydrogen (secondary N) is 1. The molecule has 0 spiro atoms. The van der Waals surface area contributed by atoms with Gasteiger partial charge in [-0.25, -0.2) is 8.42 Å². The number of sulfonamides is 1. The van der Waals surface area contributed by atoms with Gasteiger partial charge in [0, 0.05) is 37.4 Å². The third-order valence-corrected chi connectivity index (χ3v) is 8.42. The van der Waals surface area contributed by atoms with Crippen LogP contribution in [0.4, 0.5) is 0 Å². The number of nitrogens with zero attached hydrogens (tertiary/aromatic N) is 2. The predicted molar refractivity (Wildman–Crippen MR) is 116 cm³/mol. The van der Waals surface area contributed by atoms with Crippen LogP contribution in [0.25, 0.3) is 0 Å². The molecule has 1 atom stereocenters. The number of aromatic amines is 1. The highest BCUT2D eigenvalue weighted by molar-refractivity contribution is 7.89. The third kappa shape index (κ3) is 4.05. The lowest BCUT2D eigenvalue weighted by Gasteiger charge is -2.34. The summed E-state index contributed by atoms with van der Waals surface area (Å²) >= 11 is 0. The summed E-state index contributed by atoms with van der Waals surface area (Å²) in [5.74, 6) is 0.435. The molecule has 0 saturated carbocycles. The van der Waals surface area contributed by atoms with E-state index in [9.17, 15) is 13.2 Å². The molecule has 2 aromatic rings. The van der Waals surface area contributed by atoms with Crippen molar-refractivity contribution in [2.75, 3.05) is 19.6 Å². The maximum absolute atomic E-state index is 13.2. The van der Waals surface area contributed by atoms with Gasteiger partial charge >= 0.3 is 0 Å². The number of piperidine rings is 1. The van der Waals surface area contributed by atoms with Crippen LogP contribution in [0.15, 0.2) is 47.5 Å². The molecule has 0 bridgehead atoms. The number of benzene rings is 1. The van der Waals surface area contributed by atoms with Crippen molar-refractivity contribution in [2.45, 2.75) is 56.4 Å². The number of likely N-dealkylation sites (tertiary alicyclic amines) is 1. The number of carbonyl (C=O) groups excluding carboxylic acids is 1. The van der Waals surface area contributed by atoms with Gasteiger partial charge in [-0.2, -0.15) is 4.31 Å². The molecular formula is C23H31N3O3S. The van der Waals surface area contributed by atoms with Gasteiger partial charge in [0.2, 0.25) is 15.9 Å². The van der Waals surface area contributed by atoms with E-state index in [2.05, 4.69) is 18.8 Å². The summed E-state index contributed by atoms with van der Waals surface area (Å²) in [5, 5.41) is 0. The van der Waals surface area contributed by atoms with Crippen LogP contribution in [0.1, 0.15) is 62.7 Å². The van der Waals surface area contributed by atoms with Gasteiger partial charge in [0.1, 0.15) is 0 Å². The zero-order valence-electron chi connectivity index (χ0n) is 17.8. The van der Waals surface area contributed by atoms with Crippen molar-refractivity contribution in [3.63, 3.8) is 0 Å². The molecule has 1 amide bonds. The van der Waals surface area contributed by atoms with Crippen molar-refractivity contribution in [2.24, 2.45) is 5.92 Å². The van der Waals surface area contributed by atoms with Crippen LogP contribution in [0.2, 0.25) is 0 Å². The normalized spacial score (nSPS) is 21.4. The number of carbonyl (C=O) groups is 1. The van der Waals surface area contributed by atoms with Gasteiger partial charge in [-0.05, 0) is 61.4 Å². The van der Waals surface area contributed by atoms with Crippen molar-refractivity contribution < 1.29 is 13.2 Å². The average Bonchev–Trinajstić information content (AvgIpc) is 3.45. The minimum absolute atomic E-state index is 0.102. The van der Waals surface area contributed by atoms with E-state index in [-0.39, 0.29) is 17.9 Å². The number of rotatable bonds is 5. The highest BCUT2D eigenvalue weighted by Crippen LogP contribution is 2.34. The second-order valence-corrected chi connectivity index (χ2v) is 10.7. The monoisotopic (exact) mass is 429 g/mol. The van der Waals surface area contributed by atoms with Gasteiger partial charge in [0.15, 0.2) is 0 Å². The van der Waals surface area contributed by atoms with E-state index >= 15 is 0 Å². The lowest BCUT2D eigenvalue weighted by Crippen LogP contribution is -2.44. The number of aromatic nitrogens is 1. The van der Waals surface area contributed by atoms with Crippen molar-refractivity contribution in [3.05, 3.63) is 53.9 Å². The second-order valence-electron chi connectivity index (χ2n) is 8.72. The van der Waals surface area contributed by atoms with Crippen molar-refractivity contribution in [3.8, 4) is 0 Å². The molecule has 30 heavy (non-hydrogen) atoms. The molecule has 0 aliphatic carbocycles. The molecule has 1 N–H and O–H groups in total. The van der Waals surface area contributed by atoms with Crippen LogP contribution >= 0.6 is 0 Å². The van der Waals surface area contributed by atoms with Gasteiger partial charge < -0.3 is 9.88 Å². The van der Waals surface area contributed by atoms with Crippen molar-refractivity contribution in [1.82, 2.24) is 14.2 Å². The molecule has 1 aromatic heterocycles. The van der Waals surface area contributed by atoms with Crippen LogP contribution in [0.5, 0.6) is 0 Å². The molecule has 0 unspecified atom stereocenters. The summed E-state index contributed by atoms with van der Waals surface area (Å²) in [6, 6.07) is 11.3. The SMILES string of the molecule is CC(C)c1ccc(S(=O)(=O)N2CCC(C(=O)N3CCC[C@@H]3c3ccc[nH]3)CC2)cc1. The summed E-state index contributed by atoms with van der Waals surface area (Å²) in [5.41, 5.74) is 2.21. The Labute approximate surface area is 179 Å². The summed E-state index contributed by atoms with van der Waals surface area (Å²) in [6.07, 6.45) is 5.04. The third-order valence-electron chi connectivity index (χ3n) is 6.50. The molecule has 2 saturated heterocycles. The van der Waals surface area contributed by atoms with E-state index < -0.39 is 10.0 Å². The molecule has 7 heteroatoms. The molecule has 6 nitrogen and oxygen atoms in total.